The number of nitrogens with zero attached hydrogens (tertiary/aromatic N) is 2. The van der Waals surface area contributed by atoms with Crippen LogP contribution in [0.5, 0.6) is 0 Å². The van der Waals surface area contributed by atoms with Gasteiger partial charge >= 0.3 is 0 Å². The highest BCUT2D eigenvalue weighted by Crippen LogP contribution is 2.14. The molecule has 0 bridgehead atoms. The van der Waals surface area contributed by atoms with Crippen LogP contribution in [0.15, 0.2) is 54.9 Å². The minimum Gasteiger partial charge on any atom is -0.394 e. The van der Waals surface area contributed by atoms with Crippen LogP contribution in [-0.2, 0) is 0 Å². The van der Waals surface area contributed by atoms with Gasteiger partial charge in [0.05, 0.1) is 18.8 Å². The summed E-state index contributed by atoms with van der Waals surface area (Å²) in [6.07, 6.45) is 4.84. The standard InChI is InChI=1S/C20H22N4O3/c1-2-6-16(13-25)23-19(26)14-7-5-8-15(11-14)22-20(27)17-12-21-18-9-3-4-10-24(17)18/h3-5,7-12,16,25H,2,6,13H2,1H3,(H,22,27)(H,23,26)/t16-/m0/s1. The molecule has 2 amide bonds. The highest BCUT2D eigenvalue weighted by Gasteiger charge is 2.15. The molecule has 2 heterocycles. The van der Waals surface area contributed by atoms with Crippen molar-refractivity contribution in [2.45, 2.75) is 25.8 Å². The van der Waals surface area contributed by atoms with Crippen LogP contribution in [0.2, 0.25) is 0 Å². The minimum atomic E-state index is -0.314. The van der Waals surface area contributed by atoms with E-state index in [2.05, 4.69) is 15.6 Å². The second-order valence-corrected chi connectivity index (χ2v) is 6.25. The molecule has 3 aromatic rings. The first-order valence-corrected chi connectivity index (χ1v) is 8.87. The molecule has 7 heteroatoms. The molecule has 27 heavy (non-hydrogen) atoms. The molecule has 2 aromatic heterocycles. The van der Waals surface area contributed by atoms with Crippen molar-refractivity contribution in [3.63, 3.8) is 0 Å². The van der Waals surface area contributed by atoms with Gasteiger partial charge in [-0.05, 0) is 36.8 Å². The number of imidazole rings is 1. The number of anilines is 1. The van der Waals surface area contributed by atoms with E-state index in [-0.39, 0.29) is 24.5 Å². The maximum absolute atomic E-state index is 12.6. The highest BCUT2D eigenvalue weighted by molar-refractivity contribution is 6.04. The summed E-state index contributed by atoms with van der Waals surface area (Å²) in [6.45, 7) is 1.88. The van der Waals surface area contributed by atoms with E-state index in [4.69, 9.17) is 0 Å². The Morgan fingerprint density at radius 2 is 2.04 bits per heavy atom. The molecule has 0 spiro atoms. The van der Waals surface area contributed by atoms with E-state index in [0.717, 1.165) is 6.42 Å². The zero-order valence-electron chi connectivity index (χ0n) is 15.1. The van der Waals surface area contributed by atoms with E-state index in [9.17, 15) is 14.7 Å². The van der Waals surface area contributed by atoms with Gasteiger partial charge in [-0.3, -0.25) is 14.0 Å². The Kier molecular flexibility index (Phi) is 5.83. The van der Waals surface area contributed by atoms with Gasteiger partial charge in [0.25, 0.3) is 11.8 Å². The third kappa shape index (κ3) is 4.32. The molecule has 7 nitrogen and oxygen atoms in total. The molecule has 140 valence electrons. The molecule has 0 aliphatic rings. The molecule has 3 N–H and O–H groups in total. The van der Waals surface area contributed by atoms with E-state index in [1.54, 1.807) is 34.9 Å². The Morgan fingerprint density at radius 3 is 2.81 bits per heavy atom. The summed E-state index contributed by atoms with van der Waals surface area (Å²) in [5.41, 5.74) is 2.01. The van der Waals surface area contributed by atoms with Gasteiger partial charge in [-0.1, -0.05) is 25.5 Å². The first-order valence-electron chi connectivity index (χ1n) is 8.87. The van der Waals surface area contributed by atoms with Crippen molar-refractivity contribution in [3.05, 3.63) is 66.1 Å². The van der Waals surface area contributed by atoms with Crippen LogP contribution in [-0.4, -0.2) is 39.0 Å². The molecule has 3 rings (SSSR count). The maximum Gasteiger partial charge on any atom is 0.274 e. The fraction of sp³-hybridized carbons (Fsp3) is 0.250. The van der Waals surface area contributed by atoms with Crippen molar-refractivity contribution in [2.75, 3.05) is 11.9 Å². The van der Waals surface area contributed by atoms with Crippen molar-refractivity contribution >= 4 is 23.1 Å². The first kappa shape index (κ1) is 18.6. The van der Waals surface area contributed by atoms with Crippen LogP contribution in [0.1, 0.15) is 40.6 Å². The molecule has 1 atom stereocenters. The fourth-order valence-corrected chi connectivity index (χ4v) is 2.86. The lowest BCUT2D eigenvalue weighted by atomic mass is 10.1. The summed E-state index contributed by atoms with van der Waals surface area (Å²) in [4.78, 5) is 29.2. The second-order valence-electron chi connectivity index (χ2n) is 6.25. The molecule has 0 saturated heterocycles. The van der Waals surface area contributed by atoms with Crippen LogP contribution < -0.4 is 10.6 Å². The molecule has 1 aromatic carbocycles. The lowest BCUT2D eigenvalue weighted by molar-refractivity contribution is 0.0912. The van der Waals surface area contributed by atoms with Gasteiger partial charge in [0.2, 0.25) is 0 Å². The molecular formula is C20H22N4O3. The third-order valence-electron chi connectivity index (χ3n) is 4.23. The number of amides is 2. The SMILES string of the molecule is CCC[C@@H](CO)NC(=O)c1cccc(NC(=O)c2cnc3ccccn23)c1. The van der Waals surface area contributed by atoms with Gasteiger partial charge in [-0.15, -0.1) is 0 Å². The summed E-state index contributed by atoms with van der Waals surface area (Å²) in [6, 6.07) is 11.9. The number of aromatic nitrogens is 2. The number of carbonyl (C=O) groups is 2. The molecule has 0 aliphatic heterocycles. The summed E-state index contributed by atoms with van der Waals surface area (Å²) in [5.74, 6) is -0.598. The molecular weight excluding hydrogens is 344 g/mol. The van der Waals surface area contributed by atoms with E-state index in [0.29, 0.717) is 29.0 Å². The predicted molar refractivity (Wildman–Crippen MR) is 103 cm³/mol. The zero-order valence-corrected chi connectivity index (χ0v) is 15.1. The van der Waals surface area contributed by atoms with Crippen molar-refractivity contribution < 1.29 is 14.7 Å². The van der Waals surface area contributed by atoms with Crippen molar-refractivity contribution in [1.29, 1.82) is 0 Å². The lowest BCUT2D eigenvalue weighted by Crippen LogP contribution is -2.37. The van der Waals surface area contributed by atoms with Gasteiger partial charge < -0.3 is 15.7 Å². The number of rotatable bonds is 7. The van der Waals surface area contributed by atoms with Crippen LogP contribution >= 0.6 is 0 Å². The Bertz CT molecular complexity index is 951. The molecule has 0 fully saturated rings. The van der Waals surface area contributed by atoms with E-state index in [1.165, 1.54) is 6.20 Å². The average Bonchev–Trinajstić information content (AvgIpc) is 3.12. The van der Waals surface area contributed by atoms with Gasteiger partial charge in [0.15, 0.2) is 0 Å². The number of fused-ring (bicyclic) bond motifs is 1. The van der Waals surface area contributed by atoms with Gasteiger partial charge in [-0.25, -0.2) is 4.98 Å². The summed E-state index contributed by atoms with van der Waals surface area (Å²) in [7, 11) is 0. The number of hydrogen-bond donors (Lipinski definition) is 3. The highest BCUT2D eigenvalue weighted by atomic mass is 16.3. The number of pyridine rings is 1. The Labute approximate surface area is 157 Å². The number of nitrogens with one attached hydrogen (secondary N) is 2. The second kappa shape index (κ2) is 8.46. The number of carbonyl (C=O) groups excluding carboxylic acids is 2. The summed E-state index contributed by atoms with van der Waals surface area (Å²) in [5, 5.41) is 14.9. The molecule has 0 aliphatic carbocycles. The van der Waals surface area contributed by atoms with Crippen LogP contribution in [0.4, 0.5) is 5.69 Å². The number of hydrogen-bond acceptors (Lipinski definition) is 4. The largest absolute Gasteiger partial charge is 0.394 e. The van der Waals surface area contributed by atoms with Gasteiger partial charge in [0.1, 0.15) is 11.3 Å². The maximum atomic E-state index is 12.6. The normalized spacial score (nSPS) is 11.9. The predicted octanol–water partition coefficient (Wildman–Crippen LogP) is 2.48. The van der Waals surface area contributed by atoms with Crippen LogP contribution in [0.25, 0.3) is 5.65 Å². The number of aliphatic hydroxyl groups is 1. The third-order valence-corrected chi connectivity index (χ3v) is 4.23. The Morgan fingerprint density at radius 1 is 1.19 bits per heavy atom. The van der Waals surface area contributed by atoms with Gasteiger partial charge in [-0.2, -0.15) is 0 Å². The lowest BCUT2D eigenvalue weighted by Gasteiger charge is -2.15. The van der Waals surface area contributed by atoms with Crippen LogP contribution in [0.3, 0.4) is 0 Å². The molecule has 0 unspecified atom stereocenters. The fourth-order valence-electron chi connectivity index (χ4n) is 2.86. The van der Waals surface area contributed by atoms with E-state index < -0.39 is 0 Å². The Balaban J connectivity index is 1.73. The number of benzene rings is 1. The Hall–Kier alpha value is -3.19. The quantitative estimate of drug-likeness (QED) is 0.599. The summed E-state index contributed by atoms with van der Waals surface area (Å²) < 4.78 is 1.70. The summed E-state index contributed by atoms with van der Waals surface area (Å²) >= 11 is 0. The van der Waals surface area contributed by atoms with Crippen molar-refractivity contribution in [1.82, 2.24) is 14.7 Å². The average molecular weight is 366 g/mol. The van der Waals surface area contributed by atoms with Crippen LogP contribution in [0, 0.1) is 0 Å². The zero-order chi connectivity index (χ0) is 19.2. The van der Waals surface area contributed by atoms with E-state index >= 15 is 0 Å². The molecule has 0 saturated carbocycles. The topological polar surface area (TPSA) is 95.7 Å². The number of aliphatic hydroxyl groups excluding tert-OH is 1. The smallest absolute Gasteiger partial charge is 0.274 e. The van der Waals surface area contributed by atoms with Gasteiger partial charge in [0, 0.05) is 17.4 Å². The van der Waals surface area contributed by atoms with E-state index in [1.807, 2.05) is 25.1 Å². The monoisotopic (exact) mass is 366 g/mol. The molecule has 0 radical (unpaired) electrons. The van der Waals surface area contributed by atoms with Crippen molar-refractivity contribution in [2.24, 2.45) is 0 Å². The first-order chi connectivity index (χ1) is 13.1. The minimum absolute atomic E-state index is 0.107. The van der Waals surface area contributed by atoms with Crippen molar-refractivity contribution in [3.8, 4) is 0 Å².